The van der Waals surface area contributed by atoms with E-state index in [0.717, 1.165) is 32.1 Å². The number of nitro groups is 1. The molecule has 0 radical (unpaired) electrons. The summed E-state index contributed by atoms with van der Waals surface area (Å²) in [6, 6.07) is 4.03. The molecule has 0 aromatic heterocycles. The van der Waals surface area contributed by atoms with Gasteiger partial charge in [0, 0.05) is 23.6 Å². The highest BCUT2D eigenvalue weighted by molar-refractivity contribution is 5.63. The van der Waals surface area contributed by atoms with E-state index in [-0.39, 0.29) is 17.4 Å². The molecule has 0 heterocycles. The quantitative estimate of drug-likeness (QED) is 0.295. The van der Waals surface area contributed by atoms with Gasteiger partial charge in [0.05, 0.1) is 4.92 Å². The number of hydrogen-bond donors (Lipinski definition) is 1. The fraction of sp³-hybridized carbons (Fsp3) is 0.400. The van der Waals surface area contributed by atoms with Crippen LogP contribution in [-0.2, 0) is 0 Å². The van der Waals surface area contributed by atoms with Crippen LogP contribution in [0.2, 0.25) is 0 Å². The predicted molar refractivity (Wildman–Crippen MR) is 76.7 cm³/mol. The Morgan fingerprint density at radius 3 is 2.86 bits per heavy atom. The SMILES string of the molecule is O=C(O)Oc1ccc([N+](=O)[O-])cc1C1C=CCCCCC1. The van der Waals surface area contributed by atoms with Crippen LogP contribution in [0, 0.1) is 10.1 Å². The monoisotopic (exact) mass is 291 g/mol. The van der Waals surface area contributed by atoms with Gasteiger partial charge in [0.25, 0.3) is 5.69 Å². The Labute approximate surface area is 122 Å². The zero-order valence-corrected chi connectivity index (χ0v) is 11.5. The second-order valence-corrected chi connectivity index (χ2v) is 5.02. The summed E-state index contributed by atoms with van der Waals surface area (Å²) in [5, 5.41) is 19.7. The number of allylic oxidation sites excluding steroid dienone is 2. The molecule has 6 nitrogen and oxygen atoms in total. The molecule has 1 N–H and O–H groups in total. The number of benzene rings is 1. The van der Waals surface area contributed by atoms with Crippen molar-refractivity contribution in [2.45, 2.75) is 38.0 Å². The lowest BCUT2D eigenvalue weighted by Gasteiger charge is -2.18. The van der Waals surface area contributed by atoms with Gasteiger partial charge < -0.3 is 9.84 Å². The molecule has 0 fully saturated rings. The lowest BCUT2D eigenvalue weighted by Crippen LogP contribution is -2.08. The van der Waals surface area contributed by atoms with Gasteiger partial charge in [-0.1, -0.05) is 25.0 Å². The summed E-state index contributed by atoms with van der Waals surface area (Å²) >= 11 is 0. The third-order valence-electron chi connectivity index (χ3n) is 3.56. The van der Waals surface area contributed by atoms with Crippen molar-refractivity contribution in [1.82, 2.24) is 0 Å². The van der Waals surface area contributed by atoms with Crippen LogP contribution in [-0.4, -0.2) is 16.2 Å². The summed E-state index contributed by atoms with van der Waals surface area (Å²) in [5.74, 6) is 0.114. The molecule has 1 aliphatic rings. The third-order valence-corrected chi connectivity index (χ3v) is 3.56. The van der Waals surface area contributed by atoms with Crippen LogP contribution in [0.25, 0.3) is 0 Å². The molecule has 21 heavy (non-hydrogen) atoms. The van der Waals surface area contributed by atoms with Gasteiger partial charge in [-0.2, -0.15) is 0 Å². The van der Waals surface area contributed by atoms with Crippen molar-refractivity contribution in [2.24, 2.45) is 0 Å². The molecule has 1 atom stereocenters. The number of carbonyl (C=O) groups is 1. The van der Waals surface area contributed by atoms with Crippen molar-refractivity contribution < 1.29 is 19.6 Å². The number of hydrogen-bond acceptors (Lipinski definition) is 4. The third kappa shape index (κ3) is 4.05. The Morgan fingerprint density at radius 2 is 2.14 bits per heavy atom. The van der Waals surface area contributed by atoms with Gasteiger partial charge in [0.1, 0.15) is 5.75 Å². The summed E-state index contributed by atoms with van der Waals surface area (Å²) in [6.07, 6.45) is 7.67. The molecule has 0 spiro atoms. The molecule has 1 aromatic rings. The first-order chi connectivity index (χ1) is 10.1. The molecule has 0 bridgehead atoms. The fourth-order valence-electron chi connectivity index (χ4n) is 2.55. The van der Waals surface area contributed by atoms with E-state index in [9.17, 15) is 14.9 Å². The minimum Gasteiger partial charge on any atom is -0.449 e. The predicted octanol–water partition coefficient (Wildman–Crippen LogP) is 4.26. The zero-order chi connectivity index (χ0) is 15.2. The number of nitro benzene ring substituents is 1. The van der Waals surface area contributed by atoms with E-state index in [2.05, 4.69) is 0 Å². The summed E-state index contributed by atoms with van der Waals surface area (Å²) in [4.78, 5) is 21.2. The van der Waals surface area contributed by atoms with Crippen molar-refractivity contribution in [2.75, 3.05) is 0 Å². The van der Waals surface area contributed by atoms with E-state index in [1.54, 1.807) is 0 Å². The van der Waals surface area contributed by atoms with Gasteiger partial charge >= 0.3 is 6.16 Å². The second-order valence-electron chi connectivity index (χ2n) is 5.02. The largest absolute Gasteiger partial charge is 0.511 e. The maximum Gasteiger partial charge on any atom is 0.511 e. The average Bonchev–Trinajstić information content (AvgIpc) is 2.38. The topological polar surface area (TPSA) is 89.7 Å². The number of nitrogens with zero attached hydrogens (tertiary/aromatic N) is 1. The molecular formula is C15H17NO5. The second kappa shape index (κ2) is 6.88. The van der Waals surface area contributed by atoms with Gasteiger partial charge in [-0.3, -0.25) is 10.1 Å². The number of carboxylic acid groups (broad SMARTS) is 1. The van der Waals surface area contributed by atoms with Crippen LogP contribution in [0.1, 0.15) is 43.6 Å². The molecular weight excluding hydrogens is 274 g/mol. The normalized spacial score (nSPS) is 18.6. The van der Waals surface area contributed by atoms with Crippen molar-refractivity contribution >= 4 is 11.8 Å². The molecule has 6 heteroatoms. The van der Waals surface area contributed by atoms with Crippen LogP contribution < -0.4 is 4.74 Å². The first-order valence-electron chi connectivity index (χ1n) is 6.93. The lowest BCUT2D eigenvalue weighted by atomic mass is 9.89. The Balaban J connectivity index is 2.40. The van der Waals surface area contributed by atoms with Crippen molar-refractivity contribution in [3.05, 3.63) is 46.0 Å². The number of non-ortho nitro benzene ring substituents is 1. The van der Waals surface area contributed by atoms with Crippen molar-refractivity contribution in [1.29, 1.82) is 0 Å². The first-order valence-corrected chi connectivity index (χ1v) is 6.93. The molecule has 0 saturated heterocycles. The Kier molecular flexibility index (Phi) is 4.92. The van der Waals surface area contributed by atoms with Crippen LogP contribution in [0.4, 0.5) is 10.5 Å². The molecule has 0 aliphatic heterocycles. The van der Waals surface area contributed by atoms with Gasteiger partial charge in [0.2, 0.25) is 0 Å². The van der Waals surface area contributed by atoms with Crippen LogP contribution in [0.5, 0.6) is 5.75 Å². The maximum absolute atomic E-state index is 10.9. The molecule has 112 valence electrons. The molecule has 1 unspecified atom stereocenters. The Bertz CT molecular complexity index is 567. The first kappa shape index (κ1) is 15.0. The summed E-state index contributed by atoms with van der Waals surface area (Å²) < 4.78 is 4.77. The molecule has 2 rings (SSSR count). The van der Waals surface area contributed by atoms with Gasteiger partial charge in [-0.05, 0) is 25.3 Å². The van der Waals surface area contributed by atoms with Crippen molar-refractivity contribution in [3.63, 3.8) is 0 Å². The molecule has 1 aliphatic carbocycles. The molecule has 1 aromatic carbocycles. The summed E-state index contributed by atoms with van der Waals surface area (Å²) in [7, 11) is 0. The van der Waals surface area contributed by atoms with E-state index in [0.29, 0.717) is 5.56 Å². The average molecular weight is 291 g/mol. The lowest BCUT2D eigenvalue weighted by molar-refractivity contribution is -0.384. The van der Waals surface area contributed by atoms with Crippen LogP contribution >= 0.6 is 0 Å². The number of ether oxygens (including phenoxy) is 1. The van der Waals surface area contributed by atoms with E-state index >= 15 is 0 Å². The smallest absolute Gasteiger partial charge is 0.449 e. The minimum absolute atomic E-state index is 0.0560. The van der Waals surface area contributed by atoms with Gasteiger partial charge in [0.15, 0.2) is 0 Å². The van der Waals surface area contributed by atoms with Gasteiger partial charge in [-0.25, -0.2) is 4.79 Å². The van der Waals surface area contributed by atoms with E-state index in [1.165, 1.54) is 18.2 Å². The molecule has 0 saturated carbocycles. The van der Waals surface area contributed by atoms with E-state index < -0.39 is 11.1 Å². The highest BCUT2D eigenvalue weighted by Gasteiger charge is 2.20. The van der Waals surface area contributed by atoms with Crippen molar-refractivity contribution in [3.8, 4) is 5.75 Å². The Hall–Kier alpha value is -2.37. The standard InChI is InChI=1S/C15H17NO5/c17-15(18)21-14-9-8-12(16(19)20)10-13(14)11-6-4-2-1-3-5-7-11/h4,6,8-11H,1-3,5,7H2,(H,17,18). The number of rotatable bonds is 3. The van der Waals surface area contributed by atoms with E-state index in [1.807, 2.05) is 12.2 Å². The summed E-state index contributed by atoms with van der Waals surface area (Å²) in [6.45, 7) is 0. The maximum atomic E-state index is 10.9. The van der Waals surface area contributed by atoms with Gasteiger partial charge in [-0.15, -0.1) is 0 Å². The summed E-state index contributed by atoms with van der Waals surface area (Å²) in [5.41, 5.74) is 0.503. The van der Waals surface area contributed by atoms with Crippen LogP contribution in [0.15, 0.2) is 30.4 Å². The van der Waals surface area contributed by atoms with E-state index in [4.69, 9.17) is 9.84 Å². The highest BCUT2D eigenvalue weighted by Crippen LogP contribution is 2.35. The molecule has 0 amide bonds. The minimum atomic E-state index is -1.42. The Morgan fingerprint density at radius 1 is 1.33 bits per heavy atom. The highest BCUT2D eigenvalue weighted by atomic mass is 16.7. The van der Waals surface area contributed by atoms with Crippen LogP contribution in [0.3, 0.4) is 0 Å². The fourth-order valence-corrected chi connectivity index (χ4v) is 2.55. The zero-order valence-electron chi connectivity index (χ0n) is 11.5.